The van der Waals surface area contributed by atoms with Gasteiger partial charge < -0.3 is 10.6 Å². The predicted octanol–water partition coefficient (Wildman–Crippen LogP) is 3.68. The van der Waals surface area contributed by atoms with Crippen LogP contribution < -0.4 is 10.6 Å². The average Bonchev–Trinajstić information content (AvgIpc) is 2.69. The highest BCUT2D eigenvalue weighted by atomic mass is 19.1. The molecule has 0 unspecified atom stereocenters. The van der Waals surface area contributed by atoms with Gasteiger partial charge in [0.1, 0.15) is 12.0 Å². The number of hydrogen-bond donors (Lipinski definition) is 2. The quantitative estimate of drug-likeness (QED) is 0.691. The highest BCUT2D eigenvalue weighted by molar-refractivity contribution is 5.96. The van der Waals surface area contributed by atoms with Crippen LogP contribution in [0.15, 0.2) is 84.9 Å². The molecule has 26 heavy (non-hydrogen) atoms. The van der Waals surface area contributed by atoms with Crippen LogP contribution in [0, 0.1) is 5.82 Å². The maximum Gasteiger partial charge on any atom is 0.253 e. The lowest BCUT2D eigenvalue weighted by Gasteiger charge is -2.21. The third-order valence-electron chi connectivity index (χ3n) is 3.83. The van der Waals surface area contributed by atoms with Crippen LogP contribution in [-0.4, -0.2) is 11.8 Å². The van der Waals surface area contributed by atoms with E-state index in [-0.39, 0.29) is 11.8 Å². The van der Waals surface area contributed by atoms with Crippen LogP contribution in [0.2, 0.25) is 0 Å². The Kier molecular flexibility index (Phi) is 5.39. The van der Waals surface area contributed by atoms with E-state index in [2.05, 4.69) is 10.6 Å². The summed E-state index contributed by atoms with van der Waals surface area (Å²) in [6, 6.07) is 23.0. The monoisotopic (exact) mass is 348 g/mol. The molecule has 4 nitrogen and oxygen atoms in total. The molecule has 5 heteroatoms. The van der Waals surface area contributed by atoms with E-state index >= 15 is 0 Å². The fraction of sp³-hybridized carbons (Fsp3) is 0.0476. The Bertz CT molecular complexity index is 827. The van der Waals surface area contributed by atoms with Crippen LogP contribution in [0.3, 0.4) is 0 Å². The zero-order valence-corrected chi connectivity index (χ0v) is 13.9. The summed E-state index contributed by atoms with van der Waals surface area (Å²) in [7, 11) is 0. The van der Waals surface area contributed by atoms with Gasteiger partial charge in [0.2, 0.25) is 0 Å². The van der Waals surface area contributed by atoms with Gasteiger partial charge in [-0.2, -0.15) is 0 Å². The minimum absolute atomic E-state index is 0.340. The Labute approximate surface area is 150 Å². The first-order chi connectivity index (χ1) is 12.6. The maximum atomic E-state index is 13.2. The Hall–Kier alpha value is -3.47. The van der Waals surface area contributed by atoms with E-state index in [0.717, 1.165) is 0 Å². The summed E-state index contributed by atoms with van der Waals surface area (Å²) >= 11 is 0. The van der Waals surface area contributed by atoms with E-state index in [1.165, 1.54) is 24.3 Å². The van der Waals surface area contributed by atoms with E-state index in [1.54, 1.807) is 48.5 Å². The Balaban J connectivity index is 1.83. The summed E-state index contributed by atoms with van der Waals surface area (Å²) in [5.41, 5.74) is 1.50. The zero-order chi connectivity index (χ0) is 18.4. The summed E-state index contributed by atoms with van der Waals surface area (Å²) in [6.45, 7) is 0. The molecule has 0 bridgehead atoms. The van der Waals surface area contributed by atoms with E-state index < -0.39 is 12.0 Å². The van der Waals surface area contributed by atoms with Crippen LogP contribution in [0.5, 0.6) is 0 Å². The average molecular weight is 348 g/mol. The van der Waals surface area contributed by atoms with Crippen LogP contribution >= 0.6 is 0 Å². The topological polar surface area (TPSA) is 58.2 Å². The lowest BCUT2D eigenvalue weighted by atomic mass is 10.1. The van der Waals surface area contributed by atoms with Crippen molar-refractivity contribution in [3.05, 3.63) is 107 Å². The highest BCUT2D eigenvalue weighted by Crippen LogP contribution is 2.14. The number of carbonyl (C=O) groups is 2. The smallest absolute Gasteiger partial charge is 0.253 e. The fourth-order valence-corrected chi connectivity index (χ4v) is 2.47. The molecule has 130 valence electrons. The summed E-state index contributed by atoms with van der Waals surface area (Å²) in [5, 5.41) is 5.55. The zero-order valence-electron chi connectivity index (χ0n) is 13.9. The Morgan fingerprint density at radius 3 is 1.50 bits per heavy atom. The van der Waals surface area contributed by atoms with Gasteiger partial charge in [-0.05, 0) is 42.0 Å². The maximum absolute atomic E-state index is 13.2. The van der Waals surface area contributed by atoms with Gasteiger partial charge in [-0.15, -0.1) is 0 Å². The number of halogens is 1. The van der Waals surface area contributed by atoms with Gasteiger partial charge in [-0.3, -0.25) is 9.59 Å². The predicted molar refractivity (Wildman–Crippen MR) is 97.0 cm³/mol. The van der Waals surface area contributed by atoms with Crippen molar-refractivity contribution in [1.29, 1.82) is 0 Å². The van der Waals surface area contributed by atoms with E-state index in [1.807, 2.05) is 12.1 Å². The third-order valence-corrected chi connectivity index (χ3v) is 3.83. The summed E-state index contributed by atoms with van der Waals surface area (Å²) in [4.78, 5) is 25.0. The number of benzene rings is 3. The van der Waals surface area contributed by atoms with E-state index in [9.17, 15) is 14.0 Å². The summed E-state index contributed by atoms with van der Waals surface area (Å²) < 4.78 is 13.2. The molecular formula is C21H17FN2O2. The molecular weight excluding hydrogens is 331 g/mol. The first-order valence-electron chi connectivity index (χ1n) is 8.11. The van der Waals surface area contributed by atoms with Crippen molar-refractivity contribution in [2.24, 2.45) is 0 Å². The van der Waals surface area contributed by atoms with E-state index in [0.29, 0.717) is 16.7 Å². The minimum Gasteiger partial charge on any atom is -0.328 e. The molecule has 0 radical (unpaired) electrons. The summed E-state index contributed by atoms with van der Waals surface area (Å²) in [5.74, 6) is -1.07. The number of nitrogens with one attached hydrogen (secondary N) is 2. The molecule has 2 N–H and O–H groups in total. The fourth-order valence-electron chi connectivity index (χ4n) is 2.47. The molecule has 2 amide bonds. The first-order valence-corrected chi connectivity index (χ1v) is 8.11. The van der Waals surface area contributed by atoms with Gasteiger partial charge >= 0.3 is 0 Å². The molecule has 3 aromatic rings. The SMILES string of the molecule is O=C(NC(NC(=O)c1ccccc1)c1ccc(F)cc1)c1ccccc1. The lowest BCUT2D eigenvalue weighted by Crippen LogP contribution is -2.41. The Morgan fingerprint density at radius 2 is 1.08 bits per heavy atom. The number of carbonyl (C=O) groups excluding carboxylic acids is 2. The highest BCUT2D eigenvalue weighted by Gasteiger charge is 2.19. The van der Waals surface area contributed by atoms with Crippen LogP contribution in [0.4, 0.5) is 4.39 Å². The van der Waals surface area contributed by atoms with Crippen molar-refractivity contribution in [1.82, 2.24) is 10.6 Å². The molecule has 0 aliphatic heterocycles. The molecule has 3 rings (SSSR count). The van der Waals surface area contributed by atoms with Gasteiger partial charge in [-0.25, -0.2) is 4.39 Å². The molecule has 3 aromatic carbocycles. The second-order valence-electron chi connectivity index (χ2n) is 5.66. The van der Waals surface area contributed by atoms with Crippen molar-refractivity contribution in [3.8, 4) is 0 Å². The standard InChI is InChI=1S/C21H17FN2O2/c22-18-13-11-15(12-14-18)19(23-20(25)16-7-3-1-4-8-16)24-21(26)17-9-5-2-6-10-17/h1-14,19H,(H,23,25)(H,24,26). The van der Waals surface area contributed by atoms with Crippen molar-refractivity contribution < 1.29 is 14.0 Å². The van der Waals surface area contributed by atoms with Gasteiger partial charge in [0.15, 0.2) is 0 Å². The van der Waals surface area contributed by atoms with Crippen LogP contribution in [-0.2, 0) is 0 Å². The summed E-state index contributed by atoms with van der Waals surface area (Å²) in [6.07, 6.45) is -0.795. The minimum atomic E-state index is -0.795. The van der Waals surface area contributed by atoms with Gasteiger partial charge in [0.25, 0.3) is 11.8 Å². The number of rotatable bonds is 5. The second kappa shape index (κ2) is 8.07. The number of hydrogen-bond acceptors (Lipinski definition) is 2. The molecule has 0 aliphatic carbocycles. The number of amides is 2. The Morgan fingerprint density at radius 1 is 0.654 bits per heavy atom. The van der Waals surface area contributed by atoms with Crippen molar-refractivity contribution >= 4 is 11.8 Å². The second-order valence-corrected chi connectivity index (χ2v) is 5.66. The molecule has 0 saturated heterocycles. The molecule has 0 heterocycles. The van der Waals surface area contributed by atoms with Crippen molar-refractivity contribution in [2.75, 3.05) is 0 Å². The van der Waals surface area contributed by atoms with Gasteiger partial charge in [-0.1, -0.05) is 48.5 Å². The molecule has 0 aliphatic rings. The largest absolute Gasteiger partial charge is 0.328 e. The van der Waals surface area contributed by atoms with Crippen LogP contribution in [0.25, 0.3) is 0 Å². The normalized spacial score (nSPS) is 10.4. The molecule has 0 spiro atoms. The van der Waals surface area contributed by atoms with Gasteiger partial charge in [0.05, 0.1) is 0 Å². The van der Waals surface area contributed by atoms with Crippen molar-refractivity contribution in [3.63, 3.8) is 0 Å². The first kappa shape index (κ1) is 17.4. The molecule has 0 aromatic heterocycles. The van der Waals surface area contributed by atoms with Gasteiger partial charge in [0, 0.05) is 11.1 Å². The molecule has 0 fully saturated rings. The van der Waals surface area contributed by atoms with Crippen LogP contribution in [0.1, 0.15) is 32.4 Å². The van der Waals surface area contributed by atoms with E-state index in [4.69, 9.17) is 0 Å². The third kappa shape index (κ3) is 4.33. The molecule has 0 saturated carbocycles. The molecule has 0 atom stereocenters. The van der Waals surface area contributed by atoms with Crippen molar-refractivity contribution in [2.45, 2.75) is 6.17 Å². The lowest BCUT2D eigenvalue weighted by molar-refractivity contribution is 0.0883.